The average molecular weight is 294 g/mol. The molecule has 5 nitrogen and oxygen atoms in total. The molecule has 0 aliphatic carbocycles. The van der Waals surface area contributed by atoms with Crippen molar-refractivity contribution in [3.63, 3.8) is 0 Å². The molecule has 0 spiro atoms. The van der Waals surface area contributed by atoms with Gasteiger partial charge < -0.3 is 4.98 Å². The number of imidazole rings is 1. The molecule has 0 radical (unpaired) electrons. The van der Waals surface area contributed by atoms with Crippen LogP contribution in [-0.2, 0) is 13.1 Å². The van der Waals surface area contributed by atoms with Crippen molar-refractivity contribution < 1.29 is 0 Å². The summed E-state index contributed by atoms with van der Waals surface area (Å²) in [6.07, 6.45) is 0. The minimum Gasteiger partial charge on any atom is -0.338 e. The second kappa shape index (κ2) is 5.52. The van der Waals surface area contributed by atoms with Crippen molar-refractivity contribution in [2.24, 2.45) is 11.8 Å². The molecule has 0 saturated carbocycles. The number of hydrogen-bond acceptors (Lipinski definition) is 3. The van der Waals surface area contributed by atoms with E-state index in [0.717, 1.165) is 11.3 Å². The van der Waals surface area contributed by atoms with Crippen molar-refractivity contribution in [2.45, 2.75) is 47.7 Å². The molecule has 2 aromatic rings. The molecular weight excluding hydrogens is 272 g/mol. The van der Waals surface area contributed by atoms with Gasteiger partial charge in [0.25, 0.3) is 0 Å². The van der Waals surface area contributed by atoms with Crippen LogP contribution in [0.3, 0.4) is 0 Å². The van der Waals surface area contributed by atoms with E-state index in [1.54, 1.807) is 9.13 Å². The normalized spacial score (nSPS) is 11.9. The lowest BCUT2D eigenvalue weighted by Crippen LogP contribution is -2.34. The van der Waals surface area contributed by atoms with Gasteiger partial charge in [-0.3, -0.25) is 9.13 Å². The van der Waals surface area contributed by atoms with Gasteiger partial charge >= 0.3 is 5.69 Å². The fourth-order valence-electron chi connectivity index (χ4n) is 2.34. The smallest absolute Gasteiger partial charge is 0.330 e. The Balaban J connectivity index is 2.81. The maximum Gasteiger partial charge on any atom is 0.330 e. The summed E-state index contributed by atoms with van der Waals surface area (Å²) in [5.41, 5.74) is 1.40. The molecule has 0 bridgehead atoms. The molecular formula is C14H22N4OS. The van der Waals surface area contributed by atoms with E-state index in [1.807, 2.05) is 6.92 Å². The minimum atomic E-state index is -0.0589. The monoisotopic (exact) mass is 294 g/mol. The Morgan fingerprint density at radius 1 is 1.15 bits per heavy atom. The zero-order valence-corrected chi connectivity index (χ0v) is 13.5. The maximum absolute atomic E-state index is 12.7. The molecule has 0 fully saturated rings. The molecule has 2 heterocycles. The molecule has 6 heteroatoms. The Morgan fingerprint density at radius 3 is 2.25 bits per heavy atom. The predicted molar refractivity (Wildman–Crippen MR) is 83.6 cm³/mol. The number of hydrogen-bond donors (Lipinski definition) is 1. The fourth-order valence-corrected chi connectivity index (χ4v) is 2.63. The van der Waals surface area contributed by atoms with Crippen LogP contribution in [0.2, 0.25) is 0 Å². The fraction of sp³-hybridized carbons (Fsp3) is 0.643. The van der Waals surface area contributed by atoms with Gasteiger partial charge in [-0.15, -0.1) is 0 Å². The number of aromatic nitrogens is 4. The Kier molecular flexibility index (Phi) is 4.13. The summed E-state index contributed by atoms with van der Waals surface area (Å²) >= 11 is 5.46. The molecule has 2 rings (SSSR count). The van der Waals surface area contributed by atoms with E-state index in [1.165, 1.54) is 0 Å². The van der Waals surface area contributed by atoms with Crippen molar-refractivity contribution in [1.82, 2.24) is 19.1 Å². The van der Waals surface area contributed by atoms with Crippen LogP contribution in [0.25, 0.3) is 11.2 Å². The molecule has 20 heavy (non-hydrogen) atoms. The molecule has 0 amide bonds. The molecule has 2 aromatic heterocycles. The van der Waals surface area contributed by atoms with Crippen molar-refractivity contribution in [3.05, 3.63) is 20.9 Å². The summed E-state index contributed by atoms with van der Waals surface area (Å²) in [5.74, 6) is 1.52. The summed E-state index contributed by atoms with van der Waals surface area (Å²) in [5, 5.41) is 0. The van der Waals surface area contributed by atoms with Gasteiger partial charge in [0.05, 0.1) is 0 Å². The van der Waals surface area contributed by atoms with Crippen LogP contribution < -0.4 is 5.69 Å². The number of fused-ring (bicyclic) bond motifs is 1. The third-order valence-corrected chi connectivity index (χ3v) is 3.50. The van der Waals surface area contributed by atoms with Gasteiger partial charge in [-0.25, -0.2) is 9.78 Å². The van der Waals surface area contributed by atoms with Gasteiger partial charge in [0, 0.05) is 13.1 Å². The Morgan fingerprint density at radius 2 is 1.70 bits per heavy atom. The minimum absolute atomic E-state index is 0.0589. The first-order valence-corrected chi connectivity index (χ1v) is 7.42. The molecule has 110 valence electrons. The number of rotatable bonds is 4. The lowest BCUT2D eigenvalue weighted by atomic mass is 10.2. The first-order chi connectivity index (χ1) is 9.31. The molecule has 0 atom stereocenters. The van der Waals surface area contributed by atoms with Crippen LogP contribution in [-0.4, -0.2) is 19.1 Å². The first kappa shape index (κ1) is 15.0. The first-order valence-electron chi connectivity index (χ1n) is 7.01. The number of nitrogens with zero attached hydrogens (tertiary/aromatic N) is 3. The van der Waals surface area contributed by atoms with E-state index in [4.69, 9.17) is 12.2 Å². The van der Waals surface area contributed by atoms with Gasteiger partial charge in [0.15, 0.2) is 5.65 Å². The number of aryl methyl sites for hydroxylation is 1. The highest BCUT2D eigenvalue weighted by Crippen LogP contribution is 2.13. The summed E-state index contributed by atoms with van der Waals surface area (Å²) in [6, 6.07) is 0. The van der Waals surface area contributed by atoms with Crippen LogP contribution in [0, 0.1) is 23.4 Å². The van der Waals surface area contributed by atoms with E-state index in [0.29, 0.717) is 35.2 Å². The largest absolute Gasteiger partial charge is 0.338 e. The van der Waals surface area contributed by atoms with Crippen LogP contribution >= 0.6 is 12.2 Å². The van der Waals surface area contributed by atoms with E-state index < -0.39 is 0 Å². The SMILES string of the molecule is Cc1nc2c([nH]1)c(=S)n(CC(C)C)c(=O)n2CC(C)C. The van der Waals surface area contributed by atoms with Crippen molar-refractivity contribution in [1.29, 1.82) is 0 Å². The van der Waals surface area contributed by atoms with Crippen molar-refractivity contribution >= 4 is 23.4 Å². The van der Waals surface area contributed by atoms with Crippen LogP contribution in [0.15, 0.2) is 4.79 Å². The second-order valence-corrected chi connectivity index (χ2v) is 6.50. The third-order valence-electron chi connectivity index (χ3n) is 3.08. The summed E-state index contributed by atoms with van der Waals surface area (Å²) in [6.45, 7) is 11.5. The maximum atomic E-state index is 12.7. The second-order valence-electron chi connectivity index (χ2n) is 6.12. The van der Waals surface area contributed by atoms with E-state index in [9.17, 15) is 4.79 Å². The molecule has 1 N–H and O–H groups in total. The molecule has 0 aromatic carbocycles. The topological polar surface area (TPSA) is 55.6 Å². The van der Waals surface area contributed by atoms with Crippen LogP contribution in [0.4, 0.5) is 0 Å². The number of H-pyrrole nitrogens is 1. The van der Waals surface area contributed by atoms with Crippen molar-refractivity contribution in [2.75, 3.05) is 0 Å². The lowest BCUT2D eigenvalue weighted by Gasteiger charge is -2.15. The van der Waals surface area contributed by atoms with E-state index in [2.05, 4.69) is 37.7 Å². The molecule has 0 aliphatic rings. The molecule has 0 aliphatic heterocycles. The highest BCUT2D eigenvalue weighted by Gasteiger charge is 2.15. The van der Waals surface area contributed by atoms with Crippen molar-refractivity contribution in [3.8, 4) is 0 Å². The van der Waals surface area contributed by atoms with E-state index >= 15 is 0 Å². The number of aromatic amines is 1. The third kappa shape index (κ3) is 2.70. The quantitative estimate of drug-likeness (QED) is 0.882. The Labute approximate surface area is 123 Å². The molecule has 0 unspecified atom stereocenters. The summed E-state index contributed by atoms with van der Waals surface area (Å²) in [7, 11) is 0. The van der Waals surface area contributed by atoms with Gasteiger partial charge in [0.1, 0.15) is 16.0 Å². The number of nitrogens with one attached hydrogen (secondary N) is 1. The predicted octanol–water partition coefficient (Wildman–Crippen LogP) is 2.88. The standard InChI is InChI=1S/C14H22N4OS/c1-8(2)6-17-12-11(15-10(5)16-12)13(20)18(14(17)19)7-9(3)4/h8-9H,6-7H2,1-5H3,(H,15,16). The zero-order chi connectivity index (χ0) is 15.0. The molecule has 0 saturated heterocycles. The average Bonchev–Trinajstić information content (AvgIpc) is 2.71. The lowest BCUT2D eigenvalue weighted by molar-refractivity contribution is 0.455. The van der Waals surface area contributed by atoms with Gasteiger partial charge in [-0.1, -0.05) is 39.9 Å². The highest BCUT2D eigenvalue weighted by atomic mass is 32.1. The van der Waals surface area contributed by atoms with Gasteiger partial charge in [-0.2, -0.15) is 0 Å². The Bertz CT molecular complexity index is 736. The van der Waals surface area contributed by atoms with E-state index in [-0.39, 0.29) is 5.69 Å². The summed E-state index contributed by atoms with van der Waals surface area (Å²) < 4.78 is 3.98. The highest BCUT2D eigenvalue weighted by molar-refractivity contribution is 7.71. The zero-order valence-electron chi connectivity index (χ0n) is 12.7. The van der Waals surface area contributed by atoms with Gasteiger partial charge in [0.2, 0.25) is 0 Å². The Hall–Kier alpha value is -1.43. The van der Waals surface area contributed by atoms with Gasteiger partial charge in [-0.05, 0) is 18.8 Å². The van der Waals surface area contributed by atoms with Crippen LogP contribution in [0.1, 0.15) is 33.5 Å². The summed E-state index contributed by atoms with van der Waals surface area (Å²) in [4.78, 5) is 20.3. The van der Waals surface area contributed by atoms with Crippen LogP contribution in [0.5, 0.6) is 0 Å².